The summed E-state index contributed by atoms with van der Waals surface area (Å²) >= 11 is 5.88. The number of carbonyl (C=O) groups is 1. The Kier molecular flexibility index (Phi) is 4.73. The van der Waals surface area contributed by atoms with E-state index in [1.54, 1.807) is 6.92 Å². The Labute approximate surface area is 162 Å². The molecule has 28 heavy (non-hydrogen) atoms. The lowest BCUT2D eigenvalue weighted by Gasteiger charge is -2.14. The van der Waals surface area contributed by atoms with Crippen LogP contribution in [0, 0.1) is 17.0 Å². The zero-order valence-electron chi connectivity index (χ0n) is 15.0. The maximum absolute atomic E-state index is 12.8. The van der Waals surface area contributed by atoms with Crippen molar-refractivity contribution in [3.05, 3.63) is 71.5 Å². The van der Waals surface area contributed by atoms with Crippen LogP contribution in [0.3, 0.4) is 0 Å². The smallest absolute Gasteiger partial charge is 0.321 e. The summed E-state index contributed by atoms with van der Waals surface area (Å²) in [5.74, 6) is -0.819. The first kappa shape index (κ1) is 19.2. The van der Waals surface area contributed by atoms with Crippen molar-refractivity contribution in [2.24, 2.45) is 14.1 Å². The molecule has 0 unspecified atom stereocenters. The van der Waals surface area contributed by atoms with Crippen molar-refractivity contribution in [2.45, 2.75) is 6.92 Å². The van der Waals surface area contributed by atoms with Gasteiger partial charge in [0.05, 0.1) is 10.6 Å². The maximum atomic E-state index is 12.8. The third-order valence-electron chi connectivity index (χ3n) is 4.30. The van der Waals surface area contributed by atoms with Crippen molar-refractivity contribution in [3.63, 3.8) is 0 Å². The Balaban J connectivity index is 2.24. The van der Waals surface area contributed by atoms with Gasteiger partial charge in [0.15, 0.2) is 5.65 Å². The van der Waals surface area contributed by atoms with E-state index in [1.807, 2.05) is 0 Å². The first-order chi connectivity index (χ1) is 13.1. The fourth-order valence-corrected chi connectivity index (χ4v) is 2.99. The predicted molar refractivity (Wildman–Crippen MR) is 103 cm³/mol. The number of benzene rings is 1. The molecule has 11 heteroatoms. The van der Waals surface area contributed by atoms with Gasteiger partial charge in [0.2, 0.25) is 0 Å². The summed E-state index contributed by atoms with van der Waals surface area (Å²) < 4.78 is 2.06. The van der Waals surface area contributed by atoms with Gasteiger partial charge in [0.25, 0.3) is 17.2 Å². The molecule has 0 saturated carbocycles. The van der Waals surface area contributed by atoms with E-state index in [0.717, 1.165) is 10.6 Å². The number of carbonyl (C=O) groups excluding carboxylic acids is 1. The number of pyridine rings is 1. The van der Waals surface area contributed by atoms with E-state index in [-0.39, 0.29) is 27.3 Å². The number of nitro groups is 1. The van der Waals surface area contributed by atoms with Crippen LogP contribution >= 0.6 is 11.6 Å². The van der Waals surface area contributed by atoms with Gasteiger partial charge >= 0.3 is 5.69 Å². The van der Waals surface area contributed by atoms with E-state index in [0.29, 0.717) is 5.56 Å². The highest BCUT2D eigenvalue weighted by Crippen LogP contribution is 2.26. The van der Waals surface area contributed by atoms with Crippen molar-refractivity contribution in [1.29, 1.82) is 0 Å². The molecular weight excluding hydrogens is 390 g/mol. The minimum Gasteiger partial charge on any atom is -0.321 e. The molecule has 2 aromatic heterocycles. The topological polar surface area (TPSA) is 129 Å². The molecule has 1 aromatic carbocycles. The molecular formula is C17H14ClN5O5. The normalized spacial score (nSPS) is 10.9. The van der Waals surface area contributed by atoms with Crippen LogP contribution in [0.1, 0.15) is 15.9 Å². The molecule has 0 radical (unpaired) electrons. The van der Waals surface area contributed by atoms with Crippen molar-refractivity contribution in [2.75, 3.05) is 5.32 Å². The van der Waals surface area contributed by atoms with Gasteiger partial charge in [-0.3, -0.25) is 28.8 Å². The number of nitro benzene ring substituents is 1. The van der Waals surface area contributed by atoms with Crippen molar-refractivity contribution in [1.82, 2.24) is 14.1 Å². The van der Waals surface area contributed by atoms with Crippen LogP contribution < -0.4 is 16.6 Å². The molecule has 0 bridgehead atoms. The fourth-order valence-electron chi connectivity index (χ4n) is 2.81. The highest BCUT2D eigenvalue weighted by atomic mass is 35.5. The summed E-state index contributed by atoms with van der Waals surface area (Å²) in [6.07, 6.45) is 1.39. The van der Waals surface area contributed by atoms with Gasteiger partial charge in [-0.05, 0) is 24.6 Å². The van der Waals surface area contributed by atoms with Crippen LogP contribution in [0.15, 0.2) is 34.0 Å². The fraction of sp³-hybridized carbons (Fsp3) is 0.176. The minimum absolute atomic E-state index is 0.0163. The summed E-state index contributed by atoms with van der Waals surface area (Å²) in [5.41, 5.74) is -1.28. The summed E-state index contributed by atoms with van der Waals surface area (Å²) in [4.78, 5) is 52.2. The SMILES string of the molecule is Cc1cnc2c(c1NC(=O)c1cc(Cl)ccc1[N+](=O)[O-])c(=O)n(C)c(=O)n2C. The largest absolute Gasteiger partial charge is 0.332 e. The Hall–Kier alpha value is -3.53. The van der Waals surface area contributed by atoms with Gasteiger partial charge in [0.1, 0.15) is 10.9 Å². The molecule has 0 atom stereocenters. The summed E-state index contributed by atoms with van der Waals surface area (Å²) in [6.45, 7) is 1.61. The molecule has 10 nitrogen and oxygen atoms in total. The molecule has 0 aliphatic heterocycles. The van der Waals surface area contributed by atoms with Gasteiger partial charge < -0.3 is 5.32 Å². The zero-order chi connectivity index (χ0) is 20.7. The second kappa shape index (κ2) is 6.89. The number of aryl methyl sites for hydroxylation is 2. The first-order valence-electron chi connectivity index (χ1n) is 7.94. The number of aromatic nitrogens is 3. The summed E-state index contributed by atoms with van der Waals surface area (Å²) in [6, 6.07) is 3.59. The number of hydrogen-bond donors (Lipinski definition) is 1. The van der Waals surface area contributed by atoms with E-state index in [4.69, 9.17) is 11.6 Å². The molecule has 1 N–H and O–H groups in total. The molecule has 3 rings (SSSR count). The Morgan fingerprint density at radius 2 is 1.93 bits per heavy atom. The van der Waals surface area contributed by atoms with E-state index in [9.17, 15) is 24.5 Å². The molecule has 0 aliphatic carbocycles. The quantitative estimate of drug-likeness (QED) is 0.524. The highest BCUT2D eigenvalue weighted by molar-refractivity contribution is 6.31. The maximum Gasteiger partial charge on any atom is 0.332 e. The lowest BCUT2D eigenvalue weighted by molar-refractivity contribution is -0.385. The second-order valence-corrected chi connectivity index (χ2v) is 6.53. The molecule has 0 saturated heterocycles. The average Bonchev–Trinajstić information content (AvgIpc) is 2.65. The van der Waals surface area contributed by atoms with Gasteiger partial charge in [-0.25, -0.2) is 9.78 Å². The molecule has 1 amide bonds. The second-order valence-electron chi connectivity index (χ2n) is 6.09. The van der Waals surface area contributed by atoms with Crippen molar-refractivity contribution >= 4 is 39.9 Å². The molecule has 0 aliphatic rings. The zero-order valence-corrected chi connectivity index (χ0v) is 15.8. The Morgan fingerprint density at radius 1 is 1.25 bits per heavy atom. The third-order valence-corrected chi connectivity index (χ3v) is 4.53. The molecule has 0 spiro atoms. The number of halogens is 1. The van der Waals surface area contributed by atoms with Gasteiger partial charge in [-0.15, -0.1) is 0 Å². The number of amides is 1. The number of fused-ring (bicyclic) bond motifs is 1. The van der Waals surface area contributed by atoms with Crippen LogP contribution in [0.5, 0.6) is 0 Å². The third kappa shape index (κ3) is 3.03. The van der Waals surface area contributed by atoms with Crippen molar-refractivity contribution < 1.29 is 9.72 Å². The van der Waals surface area contributed by atoms with Crippen molar-refractivity contribution in [3.8, 4) is 0 Å². The van der Waals surface area contributed by atoms with E-state index < -0.39 is 27.8 Å². The molecule has 144 valence electrons. The molecule has 3 aromatic rings. The number of nitrogens with one attached hydrogen (secondary N) is 1. The lowest BCUT2D eigenvalue weighted by atomic mass is 10.1. The molecule has 2 heterocycles. The van der Waals surface area contributed by atoms with Gasteiger partial charge in [0, 0.05) is 31.4 Å². The van der Waals surface area contributed by atoms with Crippen LogP contribution in [-0.2, 0) is 14.1 Å². The number of hydrogen-bond acceptors (Lipinski definition) is 6. The minimum atomic E-state index is -0.819. The standard InChI is InChI=1S/C17H14ClN5O5/c1-8-7-19-14-12(16(25)22(3)17(26)21(14)2)13(8)20-15(24)10-6-9(18)4-5-11(10)23(27)28/h4-7H,1-3H3,(H,19,20,24). The first-order valence-corrected chi connectivity index (χ1v) is 8.32. The van der Waals surface area contributed by atoms with Gasteiger partial charge in [-0.2, -0.15) is 0 Å². The van der Waals surface area contributed by atoms with E-state index in [1.165, 1.54) is 37.0 Å². The van der Waals surface area contributed by atoms with Crippen LogP contribution in [0.4, 0.5) is 11.4 Å². The van der Waals surface area contributed by atoms with E-state index in [2.05, 4.69) is 10.3 Å². The average molecular weight is 404 g/mol. The highest BCUT2D eigenvalue weighted by Gasteiger charge is 2.23. The number of nitrogens with zero attached hydrogens (tertiary/aromatic N) is 4. The number of rotatable bonds is 3. The summed E-state index contributed by atoms with van der Waals surface area (Å²) in [7, 11) is 2.75. The Bertz CT molecular complexity index is 1280. The summed E-state index contributed by atoms with van der Waals surface area (Å²) in [5, 5.41) is 13.9. The lowest BCUT2D eigenvalue weighted by Crippen LogP contribution is -2.37. The van der Waals surface area contributed by atoms with E-state index >= 15 is 0 Å². The molecule has 0 fully saturated rings. The Morgan fingerprint density at radius 3 is 2.57 bits per heavy atom. The van der Waals surface area contributed by atoms with Crippen LogP contribution in [0.25, 0.3) is 11.0 Å². The number of anilines is 1. The van der Waals surface area contributed by atoms with Gasteiger partial charge in [-0.1, -0.05) is 11.6 Å². The predicted octanol–water partition coefficient (Wildman–Crippen LogP) is 1.75. The monoisotopic (exact) mass is 403 g/mol. The van der Waals surface area contributed by atoms with Crippen LogP contribution in [-0.4, -0.2) is 24.9 Å². The van der Waals surface area contributed by atoms with Crippen LogP contribution in [0.2, 0.25) is 5.02 Å².